The van der Waals surface area contributed by atoms with Gasteiger partial charge >= 0.3 is 0 Å². The van der Waals surface area contributed by atoms with Gasteiger partial charge in [0.25, 0.3) is 5.91 Å². The Kier molecular flexibility index (Phi) is 6.23. The van der Waals surface area contributed by atoms with E-state index in [0.717, 1.165) is 11.3 Å². The number of nitrogens with zero attached hydrogens (tertiary/aromatic N) is 1. The summed E-state index contributed by atoms with van der Waals surface area (Å²) in [7, 11) is 0. The van der Waals surface area contributed by atoms with Crippen molar-refractivity contribution in [3.05, 3.63) is 99.7 Å². The molecule has 0 atom stereocenters. The normalized spacial score (nSPS) is 13.6. The molecule has 0 bridgehead atoms. The number of para-hydroxylation sites is 1. The maximum atomic E-state index is 13.1. The number of carbonyl (C=O) groups is 1. The molecule has 0 aromatic heterocycles. The van der Waals surface area contributed by atoms with E-state index in [9.17, 15) is 9.90 Å². The van der Waals surface area contributed by atoms with E-state index in [0.29, 0.717) is 27.8 Å². The Morgan fingerprint density at radius 3 is 2.30 bits per heavy atom. The number of nitrogens with one attached hydrogen (secondary N) is 1. The van der Waals surface area contributed by atoms with Gasteiger partial charge in [-0.3, -0.25) is 4.79 Å². The van der Waals surface area contributed by atoms with Gasteiger partial charge in [-0.15, -0.1) is 0 Å². The van der Waals surface area contributed by atoms with E-state index in [1.54, 1.807) is 24.3 Å². The van der Waals surface area contributed by atoms with Gasteiger partial charge in [0, 0.05) is 21.3 Å². The number of carbonyl (C=O) groups excluding carboxylic acids is 1. The lowest BCUT2D eigenvalue weighted by Gasteiger charge is -2.24. The van der Waals surface area contributed by atoms with Crippen LogP contribution in [-0.4, -0.2) is 16.8 Å². The Labute approximate surface area is 189 Å². The molecular formula is C23H18Cl2N2O2S. The van der Waals surface area contributed by atoms with Gasteiger partial charge in [-0.2, -0.15) is 0 Å². The zero-order valence-electron chi connectivity index (χ0n) is 15.8. The highest BCUT2D eigenvalue weighted by atomic mass is 35.5. The maximum absolute atomic E-state index is 13.1. The van der Waals surface area contributed by atoms with Gasteiger partial charge < -0.3 is 14.7 Å². The number of rotatable bonds is 4. The number of hydrogen-bond donors (Lipinski definition) is 2. The molecule has 4 rings (SSSR count). The molecular weight excluding hydrogens is 439 g/mol. The van der Waals surface area contributed by atoms with Crippen LogP contribution in [0.15, 0.2) is 78.6 Å². The Bertz CT molecular complexity index is 1100. The van der Waals surface area contributed by atoms with Crippen molar-refractivity contribution in [2.45, 2.75) is 6.54 Å². The summed E-state index contributed by atoms with van der Waals surface area (Å²) in [6, 6.07) is 22.1. The number of amides is 1. The summed E-state index contributed by atoms with van der Waals surface area (Å²) in [5.74, 6) is -0.0419. The molecule has 152 valence electrons. The highest BCUT2D eigenvalue weighted by molar-refractivity contribution is 8.00. The van der Waals surface area contributed by atoms with E-state index in [-0.39, 0.29) is 23.0 Å². The fourth-order valence-corrected chi connectivity index (χ4v) is 4.42. The van der Waals surface area contributed by atoms with Crippen molar-refractivity contribution in [1.29, 1.82) is 0 Å². The highest BCUT2D eigenvalue weighted by Gasteiger charge is 2.27. The summed E-state index contributed by atoms with van der Waals surface area (Å²) in [5.41, 5.74) is 3.50. The van der Waals surface area contributed by atoms with Gasteiger partial charge in [0.2, 0.25) is 0 Å². The molecule has 7 heteroatoms. The van der Waals surface area contributed by atoms with Gasteiger partial charge in [0.1, 0.15) is 5.76 Å². The molecule has 1 amide bonds. The summed E-state index contributed by atoms with van der Waals surface area (Å²) in [6.45, 7) is 0.609. The van der Waals surface area contributed by atoms with Crippen LogP contribution in [0.1, 0.15) is 11.1 Å². The number of aliphatic hydroxyl groups is 1. The number of halogens is 2. The standard InChI is InChI=1S/C23H18Cl2N2O2S/c24-16-7-5-15(6-8-16)13-27-20-4-2-1-3-19(20)22(21(28)14-30-27)23(29)26-18-11-9-17(25)10-12-18/h1-12,28H,13-14H2,(H,26,29). The molecule has 1 aliphatic heterocycles. The third-order valence-electron chi connectivity index (χ3n) is 4.66. The predicted molar refractivity (Wildman–Crippen MR) is 126 cm³/mol. The first-order chi connectivity index (χ1) is 14.5. The van der Waals surface area contributed by atoms with Gasteiger partial charge in [0.15, 0.2) is 0 Å². The second kappa shape index (κ2) is 9.04. The van der Waals surface area contributed by atoms with Crippen LogP contribution in [0.3, 0.4) is 0 Å². The number of benzene rings is 3. The van der Waals surface area contributed by atoms with Crippen LogP contribution in [0.25, 0.3) is 5.57 Å². The molecule has 0 saturated carbocycles. The molecule has 1 heterocycles. The first-order valence-electron chi connectivity index (χ1n) is 9.24. The highest BCUT2D eigenvalue weighted by Crippen LogP contribution is 2.38. The third-order valence-corrected chi connectivity index (χ3v) is 6.20. The minimum atomic E-state index is -0.365. The van der Waals surface area contributed by atoms with Crippen molar-refractivity contribution in [1.82, 2.24) is 0 Å². The topological polar surface area (TPSA) is 52.6 Å². The number of anilines is 2. The fraction of sp³-hybridized carbons (Fsp3) is 0.0870. The van der Waals surface area contributed by atoms with Crippen LogP contribution in [0.4, 0.5) is 11.4 Å². The average Bonchev–Trinajstić information content (AvgIpc) is 2.88. The molecule has 2 N–H and O–H groups in total. The van der Waals surface area contributed by atoms with Gasteiger partial charge in [-0.25, -0.2) is 0 Å². The zero-order chi connectivity index (χ0) is 21.1. The molecule has 30 heavy (non-hydrogen) atoms. The number of fused-ring (bicyclic) bond motifs is 1. The van der Waals surface area contributed by atoms with Gasteiger partial charge in [-0.05, 0) is 60.0 Å². The van der Waals surface area contributed by atoms with Gasteiger partial charge in [0.05, 0.1) is 23.6 Å². The monoisotopic (exact) mass is 456 g/mol. The smallest absolute Gasteiger partial charge is 0.259 e. The van der Waals surface area contributed by atoms with E-state index >= 15 is 0 Å². The summed E-state index contributed by atoms with van der Waals surface area (Å²) in [5, 5.41) is 14.9. The van der Waals surface area contributed by atoms with Crippen LogP contribution in [-0.2, 0) is 11.3 Å². The third kappa shape index (κ3) is 4.59. The number of hydrogen-bond acceptors (Lipinski definition) is 4. The SMILES string of the molecule is O=C(Nc1ccc(Cl)cc1)C1=C(O)CSN(Cc2ccc(Cl)cc2)c2ccccc21. The first-order valence-corrected chi connectivity index (χ1v) is 10.9. The second-order valence-electron chi connectivity index (χ2n) is 6.74. The van der Waals surface area contributed by atoms with Crippen molar-refractivity contribution in [2.24, 2.45) is 0 Å². The second-order valence-corrected chi connectivity index (χ2v) is 8.60. The van der Waals surface area contributed by atoms with Crippen molar-refractivity contribution in [3.8, 4) is 0 Å². The molecule has 0 saturated heterocycles. The first kappa shape index (κ1) is 20.7. The molecule has 3 aromatic rings. The van der Waals surface area contributed by atoms with Crippen LogP contribution in [0.5, 0.6) is 0 Å². The Hall–Kier alpha value is -2.60. The molecule has 0 unspecified atom stereocenters. The lowest BCUT2D eigenvalue weighted by Crippen LogP contribution is -2.17. The van der Waals surface area contributed by atoms with E-state index in [2.05, 4.69) is 9.62 Å². The minimum absolute atomic E-state index is 0.0394. The minimum Gasteiger partial charge on any atom is -0.511 e. The largest absolute Gasteiger partial charge is 0.511 e. The summed E-state index contributed by atoms with van der Waals surface area (Å²) in [6.07, 6.45) is 0. The molecule has 3 aromatic carbocycles. The Morgan fingerprint density at radius 2 is 1.60 bits per heavy atom. The van der Waals surface area contributed by atoms with Crippen molar-refractivity contribution in [2.75, 3.05) is 15.4 Å². The Balaban J connectivity index is 1.65. The lowest BCUT2D eigenvalue weighted by molar-refractivity contribution is -0.111. The zero-order valence-corrected chi connectivity index (χ0v) is 18.1. The van der Waals surface area contributed by atoms with Gasteiger partial charge in [-0.1, -0.05) is 53.5 Å². The van der Waals surface area contributed by atoms with Crippen LogP contribution in [0.2, 0.25) is 10.0 Å². The number of aliphatic hydroxyl groups excluding tert-OH is 1. The summed E-state index contributed by atoms with van der Waals surface area (Å²) >= 11 is 13.4. The van der Waals surface area contributed by atoms with E-state index in [1.807, 2.05) is 48.5 Å². The van der Waals surface area contributed by atoms with Crippen molar-refractivity contribution >= 4 is 58.0 Å². The van der Waals surface area contributed by atoms with Crippen molar-refractivity contribution in [3.63, 3.8) is 0 Å². The maximum Gasteiger partial charge on any atom is 0.259 e. The molecule has 0 spiro atoms. The molecule has 1 aliphatic rings. The van der Waals surface area contributed by atoms with E-state index < -0.39 is 0 Å². The van der Waals surface area contributed by atoms with Crippen molar-refractivity contribution < 1.29 is 9.90 Å². The summed E-state index contributed by atoms with van der Waals surface area (Å²) < 4.78 is 2.08. The molecule has 0 aliphatic carbocycles. The molecule has 4 nitrogen and oxygen atoms in total. The lowest BCUT2D eigenvalue weighted by atomic mass is 10.0. The van der Waals surface area contributed by atoms with Crippen LogP contribution in [0, 0.1) is 0 Å². The van der Waals surface area contributed by atoms with Crippen LogP contribution >= 0.6 is 35.1 Å². The average molecular weight is 457 g/mol. The van der Waals surface area contributed by atoms with Crippen LogP contribution < -0.4 is 9.62 Å². The fourth-order valence-electron chi connectivity index (χ4n) is 3.21. The molecule has 0 fully saturated rings. The van der Waals surface area contributed by atoms with E-state index in [1.165, 1.54) is 11.9 Å². The molecule has 0 radical (unpaired) electrons. The van der Waals surface area contributed by atoms with E-state index in [4.69, 9.17) is 23.2 Å². The Morgan fingerprint density at radius 1 is 0.967 bits per heavy atom. The summed E-state index contributed by atoms with van der Waals surface area (Å²) in [4.78, 5) is 13.1. The predicted octanol–water partition coefficient (Wildman–Crippen LogP) is 6.57. The quantitative estimate of drug-likeness (QED) is 0.435.